The average Bonchev–Trinajstić information content (AvgIpc) is 2.63. The molecule has 0 saturated heterocycles. The molecule has 98 valence electrons. The molecule has 0 unspecified atom stereocenters. The van der Waals surface area contributed by atoms with Gasteiger partial charge in [-0.3, -0.25) is 9.69 Å². The van der Waals surface area contributed by atoms with Gasteiger partial charge in [0.25, 0.3) is 0 Å². The van der Waals surface area contributed by atoms with Gasteiger partial charge in [0, 0.05) is 7.05 Å². The molecule has 4 heteroatoms. The monoisotopic (exact) mass is 241 g/mol. The summed E-state index contributed by atoms with van der Waals surface area (Å²) >= 11 is 0. The summed E-state index contributed by atoms with van der Waals surface area (Å²) in [6.07, 6.45) is 3.07. The van der Waals surface area contributed by atoms with Crippen LogP contribution in [0.4, 0.5) is 4.79 Å². The highest BCUT2D eigenvalue weighted by molar-refractivity contribution is 5.90. The highest BCUT2D eigenvalue weighted by Crippen LogP contribution is 2.36. The van der Waals surface area contributed by atoms with Crippen LogP contribution in [0.25, 0.3) is 0 Å². The SMILES string of the molecule is CC(=O)C1(N(C)C(=O)OC(C)(C)C)CCCC1. The minimum absolute atomic E-state index is 0.0587. The van der Waals surface area contributed by atoms with Gasteiger partial charge in [-0.1, -0.05) is 12.8 Å². The van der Waals surface area contributed by atoms with E-state index in [1.54, 1.807) is 14.0 Å². The van der Waals surface area contributed by atoms with Crippen LogP contribution in [-0.4, -0.2) is 35.0 Å². The highest BCUT2D eigenvalue weighted by Gasteiger charge is 2.45. The van der Waals surface area contributed by atoms with Gasteiger partial charge in [-0.05, 0) is 40.5 Å². The van der Waals surface area contributed by atoms with Crippen molar-refractivity contribution in [3.8, 4) is 0 Å². The van der Waals surface area contributed by atoms with Crippen molar-refractivity contribution in [2.24, 2.45) is 0 Å². The Labute approximate surface area is 103 Å². The van der Waals surface area contributed by atoms with Crippen LogP contribution in [0, 0.1) is 0 Å². The Kier molecular flexibility index (Phi) is 3.84. The number of carbonyl (C=O) groups excluding carboxylic acids is 2. The van der Waals surface area contributed by atoms with E-state index < -0.39 is 17.2 Å². The second-order valence-corrected chi connectivity index (χ2v) is 5.83. The molecule has 0 heterocycles. The highest BCUT2D eigenvalue weighted by atomic mass is 16.6. The minimum Gasteiger partial charge on any atom is -0.444 e. The minimum atomic E-state index is -0.637. The first-order valence-electron chi connectivity index (χ1n) is 6.17. The summed E-state index contributed by atoms with van der Waals surface area (Å²) in [6.45, 7) is 7.04. The van der Waals surface area contributed by atoms with Crippen molar-refractivity contribution in [3.05, 3.63) is 0 Å². The molecule has 1 fully saturated rings. The fourth-order valence-corrected chi connectivity index (χ4v) is 2.39. The van der Waals surface area contributed by atoms with Crippen LogP contribution in [-0.2, 0) is 9.53 Å². The zero-order valence-electron chi connectivity index (χ0n) is 11.5. The molecule has 1 rings (SSSR count). The third kappa shape index (κ3) is 2.99. The number of amides is 1. The maximum absolute atomic E-state index is 12.0. The lowest BCUT2D eigenvalue weighted by Gasteiger charge is -2.37. The van der Waals surface area contributed by atoms with Gasteiger partial charge in [0.2, 0.25) is 0 Å². The molecule has 1 amide bonds. The van der Waals surface area contributed by atoms with E-state index in [4.69, 9.17) is 4.74 Å². The molecule has 0 N–H and O–H groups in total. The van der Waals surface area contributed by atoms with E-state index in [1.165, 1.54) is 4.90 Å². The van der Waals surface area contributed by atoms with Crippen LogP contribution < -0.4 is 0 Å². The Morgan fingerprint density at radius 2 is 1.65 bits per heavy atom. The number of ketones is 1. The van der Waals surface area contributed by atoms with Crippen molar-refractivity contribution in [1.82, 2.24) is 4.90 Å². The average molecular weight is 241 g/mol. The molecule has 0 aromatic heterocycles. The van der Waals surface area contributed by atoms with Gasteiger partial charge in [0.15, 0.2) is 5.78 Å². The molecule has 4 nitrogen and oxygen atoms in total. The van der Waals surface area contributed by atoms with E-state index in [2.05, 4.69) is 0 Å². The summed E-state index contributed by atoms with van der Waals surface area (Å²) in [6, 6.07) is 0. The fraction of sp³-hybridized carbons (Fsp3) is 0.846. The zero-order valence-corrected chi connectivity index (χ0v) is 11.5. The predicted octanol–water partition coefficient (Wildman–Crippen LogP) is 2.76. The molecule has 0 bridgehead atoms. The lowest BCUT2D eigenvalue weighted by Crippen LogP contribution is -2.53. The first-order valence-corrected chi connectivity index (χ1v) is 6.17. The van der Waals surface area contributed by atoms with E-state index in [0.29, 0.717) is 0 Å². The van der Waals surface area contributed by atoms with Crippen LogP contribution in [0.1, 0.15) is 53.4 Å². The van der Waals surface area contributed by atoms with E-state index >= 15 is 0 Å². The first-order chi connectivity index (χ1) is 7.69. The van der Waals surface area contributed by atoms with Crippen LogP contribution >= 0.6 is 0 Å². The molecular formula is C13H23NO3. The Hall–Kier alpha value is -1.06. The maximum atomic E-state index is 12.0. The molecule has 1 aliphatic carbocycles. The maximum Gasteiger partial charge on any atom is 0.410 e. The largest absolute Gasteiger partial charge is 0.444 e. The van der Waals surface area contributed by atoms with Crippen LogP contribution in [0.15, 0.2) is 0 Å². The lowest BCUT2D eigenvalue weighted by molar-refractivity contribution is -0.128. The molecule has 0 aliphatic heterocycles. The Balaban J connectivity index is 2.83. The predicted molar refractivity (Wildman–Crippen MR) is 65.9 cm³/mol. The number of nitrogens with zero attached hydrogens (tertiary/aromatic N) is 1. The molecule has 0 spiro atoms. The lowest BCUT2D eigenvalue weighted by atomic mass is 9.91. The third-order valence-corrected chi connectivity index (χ3v) is 3.40. The zero-order chi connectivity index (χ0) is 13.3. The summed E-state index contributed by atoms with van der Waals surface area (Å²) in [5, 5.41) is 0. The quantitative estimate of drug-likeness (QED) is 0.746. The van der Waals surface area contributed by atoms with Crippen molar-refractivity contribution >= 4 is 11.9 Å². The van der Waals surface area contributed by atoms with Crippen molar-refractivity contribution in [1.29, 1.82) is 0 Å². The second-order valence-electron chi connectivity index (χ2n) is 5.83. The summed E-state index contributed by atoms with van der Waals surface area (Å²) in [5.74, 6) is 0.0587. The van der Waals surface area contributed by atoms with Gasteiger partial charge in [-0.15, -0.1) is 0 Å². The Bertz CT molecular complexity index is 311. The van der Waals surface area contributed by atoms with Gasteiger partial charge in [0.05, 0.1) is 0 Å². The number of Topliss-reactive ketones (excluding diaryl/α,β-unsaturated/α-hetero) is 1. The van der Waals surface area contributed by atoms with Crippen molar-refractivity contribution in [3.63, 3.8) is 0 Å². The van der Waals surface area contributed by atoms with E-state index in [0.717, 1.165) is 25.7 Å². The number of hydrogen-bond donors (Lipinski definition) is 0. The third-order valence-electron chi connectivity index (χ3n) is 3.40. The Morgan fingerprint density at radius 3 is 2.00 bits per heavy atom. The van der Waals surface area contributed by atoms with E-state index in [1.807, 2.05) is 20.8 Å². The molecular weight excluding hydrogens is 218 g/mol. The van der Waals surface area contributed by atoms with E-state index in [-0.39, 0.29) is 5.78 Å². The normalized spacial score (nSPS) is 18.9. The molecule has 0 aromatic carbocycles. The van der Waals surface area contributed by atoms with Crippen LogP contribution in [0.3, 0.4) is 0 Å². The topological polar surface area (TPSA) is 46.6 Å². The van der Waals surface area contributed by atoms with Gasteiger partial charge >= 0.3 is 6.09 Å². The number of carbonyl (C=O) groups is 2. The second kappa shape index (κ2) is 4.67. The Morgan fingerprint density at radius 1 is 1.18 bits per heavy atom. The molecule has 0 atom stereocenters. The summed E-state index contributed by atoms with van der Waals surface area (Å²) in [7, 11) is 1.67. The molecule has 0 aromatic rings. The molecule has 1 saturated carbocycles. The van der Waals surface area contributed by atoms with Gasteiger partial charge in [-0.25, -0.2) is 4.79 Å². The fourth-order valence-electron chi connectivity index (χ4n) is 2.39. The van der Waals surface area contributed by atoms with Crippen molar-refractivity contribution < 1.29 is 14.3 Å². The standard InChI is InChI=1S/C13H23NO3/c1-10(15)13(8-6-7-9-13)14(5)11(16)17-12(2,3)4/h6-9H2,1-5H3. The smallest absolute Gasteiger partial charge is 0.410 e. The molecule has 1 aliphatic rings. The van der Waals surface area contributed by atoms with Crippen LogP contribution in [0.2, 0.25) is 0 Å². The van der Waals surface area contributed by atoms with Crippen molar-refractivity contribution in [2.75, 3.05) is 7.05 Å². The van der Waals surface area contributed by atoms with E-state index in [9.17, 15) is 9.59 Å². The van der Waals surface area contributed by atoms with Crippen LogP contribution in [0.5, 0.6) is 0 Å². The summed E-state index contributed by atoms with van der Waals surface area (Å²) in [5.41, 5.74) is -1.16. The first kappa shape index (κ1) is 14.0. The van der Waals surface area contributed by atoms with Gasteiger partial charge < -0.3 is 4.74 Å². The van der Waals surface area contributed by atoms with Gasteiger partial charge in [0.1, 0.15) is 11.1 Å². The van der Waals surface area contributed by atoms with Crippen molar-refractivity contribution in [2.45, 2.75) is 64.5 Å². The number of hydrogen-bond acceptors (Lipinski definition) is 3. The molecule has 0 radical (unpaired) electrons. The molecule has 17 heavy (non-hydrogen) atoms. The van der Waals surface area contributed by atoms with Gasteiger partial charge in [-0.2, -0.15) is 0 Å². The number of ether oxygens (including phenoxy) is 1. The number of likely N-dealkylation sites (N-methyl/N-ethyl adjacent to an activating group) is 1. The summed E-state index contributed by atoms with van der Waals surface area (Å²) < 4.78 is 5.32. The summed E-state index contributed by atoms with van der Waals surface area (Å²) in [4.78, 5) is 25.3. The number of rotatable bonds is 2.